The Labute approximate surface area is 89.6 Å². The van der Waals surface area contributed by atoms with Gasteiger partial charge in [0.25, 0.3) is 0 Å². The van der Waals surface area contributed by atoms with Gasteiger partial charge in [0.2, 0.25) is 0 Å². The highest BCUT2D eigenvalue weighted by atomic mass is 16.5. The molecule has 0 aromatic rings. The van der Waals surface area contributed by atoms with Gasteiger partial charge in [0.05, 0.1) is 11.7 Å². The molecule has 3 atom stereocenters. The Morgan fingerprint density at radius 1 is 1.67 bits per heavy atom. The first-order valence-corrected chi connectivity index (χ1v) is 5.21. The molecule has 3 unspecified atom stereocenters. The van der Waals surface area contributed by atoms with Crippen molar-refractivity contribution in [3.8, 4) is 0 Å². The van der Waals surface area contributed by atoms with Crippen molar-refractivity contribution < 1.29 is 19.7 Å². The molecule has 0 spiro atoms. The van der Waals surface area contributed by atoms with E-state index >= 15 is 0 Å². The van der Waals surface area contributed by atoms with Crippen molar-refractivity contribution in [3.05, 3.63) is 12.2 Å². The molecule has 1 aliphatic rings. The summed E-state index contributed by atoms with van der Waals surface area (Å²) < 4.78 is 4.94. The van der Waals surface area contributed by atoms with E-state index in [2.05, 4.69) is 0 Å². The molecule has 0 aromatic heterocycles. The van der Waals surface area contributed by atoms with E-state index in [0.29, 0.717) is 19.3 Å². The van der Waals surface area contributed by atoms with Gasteiger partial charge in [0.1, 0.15) is 6.10 Å². The summed E-state index contributed by atoms with van der Waals surface area (Å²) in [5.74, 6) is -0.303. The Morgan fingerprint density at radius 3 is 2.80 bits per heavy atom. The van der Waals surface area contributed by atoms with Crippen LogP contribution in [0.15, 0.2) is 12.2 Å². The quantitative estimate of drug-likeness (QED) is 0.663. The molecule has 15 heavy (non-hydrogen) atoms. The van der Waals surface area contributed by atoms with E-state index < -0.39 is 11.7 Å². The van der Waals surface area contributed by atoms with Gasteiger partial charge in [-0.05, 0) is 39.2 Å². The standard InChI is InChI=1S/C11H18O4/c1-8(12)11(2,14)7-3-4-9-5-6-10(13)15-9/h5-6,8-9,12,14H,3-4,7H2,1-2H3. The van der Waals surface area contributed by atoms with E-state index in [9.17, 15) is 15.0 Å². The van der Waals surface area contributed by atoms with E-state index in [0.717, 1.165) is 0 Å². The number of hydrogen-bond donors (Lipinski definition) is 2. The molecule has 0 aliphatic carbocycles. The van der Waals surface area contributed by atoms with Crippen LogP contribution < -0.4 is 0 Å². The summed E-state index contributed by atoms with van der Waals surface area (Å²) in [6, 6.07) is 0. The average molecular weight is 214 g/mol. The van der Waals surface area contributed by atoms with Crippen LogP contribution in [-0.2, 0) is 9.53 Å². The summed E-state index contributed by atoms with van der Waals surface area (Å²) in [7, 11) is 0. The smallest absolute Gasteiger partial charge is 0.331 e. The second-order valence-electron chi connectivity index (χ2n) is 4.26. The molecule has 0 saturated carbocycles. The summed E-state index contributed by atoms with van der Waals surface area (Å²) in [6.45, 7) is 3.17. The van der Waals surface area contributed by atoms with Crippen LogP contribution in [0.4, 0.5) is 0 Å². The first-order chi connectivity index (χ1) is 6.92. The molecule has 0 saturated heterocycles. The maximum Gasteiger partial charge on any atom is 0.331 e. The Morgan fingerprint density at radius 2 is 2.33 bits per heavy atom. The van der Waals surface area contributed by atoms with Crippen molar-refractivity contribution in [2.45, 2.75) is 50.9 Å². The predicted molar refractivity (Wildman–Crippen MR) is 55.2 cm³/mol. The molecule has 1 heterocycles. The fourth-order valence-electron chi connectivity index (χ4n) is 1.44. The van der Waals surface area contributed by atoms with Crippen LogP contribution in [-0.4, -0.2) is 34.0 Å². The molecule has 0 amide bonds. The zero-order valence-corrected chi connectivity index (χ0v) is 9.14. The van der Waals surface area contributed by atoms with Crippen LogP contribution in [0, 0.1) is 0 Å². The lowest BCUT2D eigenvalue weighted by Crippen LogP contribution is -2.37. The zero-order valence-electron chi connectivity index (χ0n) is 9.14. The molecule has 1 aliphatic heterocycles. The van der Waals surface area contributed by atoms with Crippen molar-refractivity contribution in [2.24, 2.45) is 0 Å². The molecule has 0 aromatic carbocycles. The number of rotatable bonds is 5. The number of carbonyl (C=O) groups excluding carboxylic acids is 1. The molecule has 4 nitrogen and oxygen atoms in total. The van der Waals surface area contributed by atoms with E-state index in [1.807, 2.05) is 0 Å². The molecular weight excluding hydrogens is 196 g/mol. The summed E-state index contributed by atoms with van der Waals surface area (Å²) in [4.78, 5) is 10.7. The maximum atomic E-state index is 10.7. The molecule has 0 fully saturated rings. The van der Waals surface area contributed by atoms with Crippen molar-refractivity contribution >= 4 is 5.97 Å². The number of cyclic esters (lactones) is 1. The van der Waals surface area contributed by atoms with Gasteiger partial charge in [-0.3, -0.25) is 0 Å². The lowest BCUT2D eigenvalue weighted by atomic mass is 9.93. The van der Waals surface area contributed by atoms with Crippen LogP contribution in [0.1, 0.15) is 33.1 Å². The van der Waals surface area contributed by atoms with Gasteiger partial charge in [0, 0.05) is 6.08 Å². The molecule has 2 N–H and O–H groups in total. The van der Waals surface area contributed by atoms with Crippen molar-refractivity contribution in [1.29, 1.82) is 0 Å². The lowest BCUT2D eigenvalue weighted by molar-refractivity contribution is -0.138. The van der Waals surface area contributed by atoms with E-state index in [-0.39, 0.29) is 12.1 Å². The number of carbonyl (C=O) groups is 1. The minimum atomic E-state index is -1.06. The molecule has 86 valence electrons. The summed E-state index contributed by atoms with van der Waals surface area (Å²) in [5, 5.41) is 19.0. The van der Waals surface area contributed by atoms with E-state index in [1.165, 1.54) is 6.08 Å². The lowest BCUT2D eigenvalue weighted by Gasteiger charge is -2.26. The number of aliphatic hydroxyl groups excluding tert-OH is 1. The summed E-state index contributed by atoms with van der Waals surface area (Å²) >= 11 is 0. The third kappa shape index (κ3) is 3.64. The van der Waals surface area contributed by atoms with E-state index in [4.69, 9.17) is 4.74 Å². The van der Waals surface area contributed by atoms with Crippen LogP contribution in [0.5, 0.6) is 0 Å². The van der Waals surface area contributed by atoms with Crippen molar-refractivity contribution in [2.75, 3.05) is 0 Å². The third-order valence-corrected chi connectivity index (χ3v) is 2.79. The monoisotopic (exact) mass is 214 g/mol. The maximum absolute atomic E-state index is 10.7. The van der Waals surface area contributed by atoms with Crippen LogP contribution in [0.2, 0.25) is 0 Å². The number of esters is 1. The molecule has 1 rings (SSSR count). The fourth-order valence-corrected chi connectivity index (χ4v) is 1.44. The van der Waals surface area contributed by atoms with Crippen LogP contribution >= 0.6 is 0 Å². The first-order valence-electron chi connectivity index (χ1n) is 5.21. The SMILES string of the molecule is CC(O)C(C)(O)CCCC1C=CC(=O)O1. The largest absolute Gasteiger partial charge is 0.455 e. The Hall–Kier alpha value is -0.870. The molecule has 4 heteroatoms. The normalized spacial score (nSPS) is 26.1. The number of hydrogen-bond acceptors (Lipinski definition) is 4. The molecule has 0 bridgehead atoms. The second-order valence-corrected chi connectivity index (χ2v) is 4.26. The minimum absolute atomic E-state index is 0.165. The van der Waals surface area contributed by atoms with Crippen LogP contribution in [0.3, 0.4) is 0 Å². The third-order valence-electron chi connectivity index (χ3n) is 2.79. The van der Waals surface area contributed by atoms with Gasteiger partial charge in [-0.2, -0.15) is 0 Å². The van der Waals surface area contributed by atoms with Crippen LogP contribution in [0.25, 0.3) is 0 Å². The summed E-state index contributed by atoms with van der Waals surface area (Å²) in [5.41, 5.74) is -1.06. The van der Waals surface area contributed by atoms with Gasteiger partial charge in [0.15, 0.2) is 0 Å². The molecule has 0 radical (unpaired) electrons. The highest BCUT2D eigenvalue weighted by molar-refractivity contribution is 5.84. The number of ether oxygens (including phenoxy) is 1. The first kappa shape index (κ1) is 12.2. The predicted octanol–water partition coefficient (Wildman–Crippen LogP) is 0.770. The van der Waals surface area contributed by atoms with Gasteiger partial charge in [-0.15, -0.1) is 0 Å². The molecular formula is C11H18O4. The van der Waals surface area contributed by atoms with Gasteiger partial charge in [-0.25, -0.2) is 4.79 Å². The van der Waals surface area contributed by atoms with Crippen molar-refractivity contribution in [1.82, 2.24) is 0 Å². The minimum Gasteiger partial charge on any atom is -0.455 e. The highest BCUT2D eigenvalue weighted by Crippen LogP contribution is 2.20. The van der Waals surface area contributed by atoms with Crippen molar-refractivity contribution in [3.63, 3.8) is 0 Å². The van der Waals surface area contributed by atoms with Gasteiger partial charge in [-0.1, -0.05) is 0 Å². The second kappa shape index (κ2) is 4.77. The van der Waals surface area contributed by atoms with Gasteiger partial charge < -0.3 is 14.9 Å². The number of aliphatic hydroxyl groups is 2. The van der Waals surface area contributed by atoms with E-state index in [1.54, 1.807) is 19.9 Å². The zero-order chi connectivity index (χ0) is 11.5. The fraction of sp³-hybridized carbons (Fsp3) is 0.727. The highest BCUT2D eigenvalue weighted by Gasteiger charge is 2.26. The van der Waals surface area contributed by atoms with Gasteiger partial charge >= 0.3 is 5.97 Å². The average Bonchev–Trinajstić information content (AvgIpc) is 2.51. The Kier molecular flexibility index (Phi) is 3.88. The Bertz CT molecular complexity index is 255. The topological polar surface area (TPSA) is 66.8 Å². The Balaban J connectivity index is 2.22. The summed E-state index contributed by atoms with van der Waals surface area (Å²) in [6.07, 6.45) is 4.11.